The Bertz CT molecular complexity index is 854. The Hall–Kier alpha value is -2.48. The molecule has 6 nitrogen and oxygen atoms in total. The van der Waals surface area contributed by atoms with Gasteiger partial charge < -0.3 is 9.73 Å². The van der Waals surface area contributed by atoms with Crippen LogP contribution in [0.3, 0.4) is 0 Å². The maximum atomic E-state index is 13.1. The Morgan fingerprint density at radius 2 is 2.00 bits per heavy atom. The standard InChI is InChI=1S/C14H9BrFN5O/c15-13-6-5-12(22-13)11-7-10(8-1-3-9(16)4-2-8)17-14-18-19-20-21(11)14/h1-7,11H,(H,17,18,20). The van der Waals surface area contributed by atoms with Crippen molar-refractivity contribution in [1.82, 2.24) is 20.2 Å². The van der Waals surface area contributed by atoms with E-state index in [1.165, 1.54) is 12.1 Å². The summed E-state index contributed by atoms with van der Waals surface area (Å²) in [6.45, 7) is 0. The highest BCUT2D eigenvalue weighted by Gasteiger charge is 2.26. The van der Waals surface area contributed by atoms with Crippen LogP contribution in [0.25, 0.3) is 5.70 Å². The zero-order valence-electron chi connectivity index (χ0n) is 11.1. The van der Waals surface area contributed by atoms with Crippen LogP contribution in [0.5, 0.6) is 0 Å². The Kier molecular flexibility index (Phi) is 3.04. The zero-order chi connectivity index (χ0) is 15.1. The van der Waals surface area contributed by atoms with Gasteiger partial charge in [-0.1, -0.05) is 5.10 Å². The number of nitrogens with zero attached hydrogens (tertiary/aromatic N) is 4. The van der Waals surface area contributed by atoms with Gasteiger partial charge in [-0.05, 0) is 74.4 Å². The van der Waals surface area contributed by atoms with Crippen LogP contribution < -0.4 is 5.32 Å². The largest absolute Gasteiger partial charge is 0.452 e. The summed E-state index contributed by atoms with van der Waals surface area (Å²) in [5.41, 5.74) is 1.63. The van der Waals surface area contributed by atoms with Crippen molar-refractivity contribution in [2.24, 2.45) is 0 Å². The number of rotatable bonds is 2. The lowest BCUT2D eigenvalue weighted by atomic mass is 10.1. The van der Waals surface area contributed by atoms with Crippen LogP contribution in [0, 0.1) is 5.82 Å². The van der Waals surface area contributed by atoms with E-state index in [9.17, 15) is 4.39 Å². The van der Waals surface area contributed by atoms with E-state index in [2.05, 4.69) is 36.8 Å². The summed E-state index contributed by atoms with van der Waals surface area (Å²) in [7, 11) is 0. The van der Waals surface area contributed by atoms with Crippen LogP contribution in [-0.2, 0) is 0 Å². The second-order valence-electron chi connectivity index (χ2n) is 4.75. The predicted octanol–water partition coefficient (Wildman–Crippen LogP) is 3.22. The number of allylic oxidation sites excluding steroid dienone is 1. The molecule has 22 heavy (non-hydrogen) atoms. The molecular weight excluding hydrogens is 353 g/mol. The molecule has 0 radical (unpaired) electrons. The van der Waals surface area contributed by atoms with E-state index in [1.807, 2.05) is 18.2 Å². The number of hydrogen-bond donors (Lipinski definition) is 1. The summed E-state index contributed by atoms with van der Waals surface area (Å²) >= 11 is 3.29. The minimum Gasteiger partial charge on any atom is -0.452 e. The number of anilines is 1. The third-order valence-corrected chi connectivity index (χ3v) is 3.79. The van der Waals surface area contributed by atoms with Crippen LogP contribution in [0.1, 0.15) is 17.4 Å². The van der Waals surface area contributed by atoms with Crippen molar-refractivity contribution in [3.8, 4) is 0 Å². The highest BCUT2D eigenvalue weighted by molar-refractivity contribution is 9.10. The molecule has 0 saturated carbocycles. The van der Waals surface area contributed by atoms with Crippen molar-refractivity contribution < 1.29 is 8.81 Å². The molecule has 0 aliphatic carbocycles. The van der Waals surface area contributed by atoms with Crippen molar-refractivity contribution in [2.45, 2.75) is 6.04 Å². The molecule has 0 bridgehead atoms. The average molecular weight is 362 g/mol. The summed E-state index contributed by atoms with van der Waals surface area (Å²) in [6.07, 6.45) is 1.93. The summed E-state index contributed by atoms with van der Waals surface area (Å²) in [5.74, 6) is 0.914. The second-order valence-corrected chi connectivity index (χ2v) is 5.53. The van der Waals surface area contributed by atoms with Gasteiger partial charge in [0.1, 0.15) is 17.6 Å². The van der Waals surface area contributed by atoms with Crippen molar-refractivity contribution >= 4 is 27.6 Å². The molecule has 2 aromatic heterocycles. The molecule has 8 heteroatoms. The lowest BCUT2D eigenvalue weighted by Crippen LogP contribution is -2.19. The van der Waals surface area contributed by atoms with E-state index in [-0.39, 0.29) is 11.9 Å². The van der Waals surface area contributed by atoms with Crippen molar-refractivity contribution in [2.75, 3.05) is 5.32 Å². The van der Waals surface area contributed by atoms with E-state index in [1.54, 1.807) is 16.8 Å². The minimum absolute atomic E-state index is 0.280. The molecule has 1 aliphatic heterocycles. The molecule has 3 aromatic rings. The highest BCUT2D eigenvalue weighted by Crippen LogP contribution is 2.33. The van der Waals surface area contributed by atoms with Crippen LogP contribution >= 0.6 is 15.9 Å². The molecule has 1 aliphatic rings. The molecule has 0 amide bonds. The highest BCUT2D eigenvalue weighted by atomic mass is 79.9. The number of tetrazole rings is 1. The number of aromatic nitrogens is 4. The number of halogens is 2. The van der Waals surface area contributed by atoms with Gasteiger partial charge in [-0.2, -0.15) is 4.68 Å². The molecule has 0 saturated heterocycles. The van der Waals surface area contributed by atoms with Crippen LogP contribution in [-0.4, -0.2) is 20.2 Å². The van der Waals surface area contributed by atoms with Crippen LogP contribution in [0.4, 0.5) is 10.3 Å². The summed E-state index contributed by atoms with van der Waals surface area (Å²) in [4.78, 5) is 0. The first kappa shape index (κ1) is 13.2. The van der Waals surface area contributed by atoms with Gasteiger partial charge in [-0.15, -0.1) is 0 Å². The summed E-state index contributed by atoms with van der Waals surface area (Å²) in [6, 6.07) is 9.60. The van der Waals surface area contributed by atoms with Crippen LogP contribution in [0.2, 0.25) is 0 Å². The van der Waals surface area contributed by atoms with Gasteiger partial charge in [0.2, 0.25) is 5.95 Å². The molecule has 1 aromatic carbocycles. The molecule has 3 heterocycles. The smallest absolute Gasteiger partial charge is 0.248 e. The Morgan fingerprint density at radius 1 is 1.18 bits per heavy atom. The lowest BCUT2D eigenvalue weighted by molar-refractivity contribution is 0.430. The normalized spacial score (nSPS) is 16.8. The maximum absolute atomic E-state index is 13.1. The van der Waals surface area contributed by atoms with Gasteiger partial charge in [0.25, 0.3) is 0 Å². The topological polar surface area (TPSA) is 68.8 Å². The Balaban J connectivity index is 1.80. The van der Waals surface area contributed by atoms with Gasteiger partial charge in [0.05, 0.1) is 0 Å². The van der Waals surface area contributed by atoms with E-state index in [0.717, 1.165) is 11.3 Å². The molecule has 4 rings (SSSR count). The molecular formula is C14H9BrFN5O. The molecule has 1 N–H and O–H groups in total. The molecule has 1 atom stereocenters. The third kappa shape index (κ3) is 2.21. The second kappa shape index (κ2) is 5.06. The fourth-order valence-electron chi connectivity index (χ4n) is 2.34. The fraction of sp³-hybridized carbons (Fsp3) is 0.0714. The van der Waals surface area contributed by atoms with Crippen molar-refractivity contribution in [3.05, 3.63) is 64.3 Å². The fourth-order valence-corrected chi connectivity index (χ4v) is 2.66. The average Bonchev–Trinajstić information content (AvgIpc) is 3.15. The lowest BCUT2D eigenvalue weighted by Gasteiger charge is -2.21. The number of furan rings is 1. The molecule has 1 unspecified atom stereocenters. The molecule has 110 valence electrons. The SMILES string of the molecule is Fc1ccc(C2=CC(c3ccc(Br)o3)n3nnnc3N2)cc1. The van der Waals surface area contributed by atoms with E-state index in [0.29, 0.717) is 16.4 Å². The number of hydrogen-bond acceptors (Lipinski definition) is 5. The van der Waals surface area contributed by atoms with E-state index < -0.39 is 0 Å². The van der Waals surface area contributed by atoms with Crippen LogP contribution in [0.15, 0.2) is 51.6 Å². The quantitative estimate of drug-likeness (QED) is 0.758. The number of nitrogens with one attached hydrogen (secondary N) is 1. The van der Waals surface area contributed by atoms with Crippen molar-refractivity contribution in [1.29, 1.82) is 0 Å². The summed E-state index contributed by atoms with van der Waals surface area (Å²) < 4.78 is 21.0. The zero-order valence-corrected chi connectivity index (χ0v) is 12.7. The number of fused-ring (bicyclic) bond motifs is 1. The predicted molar refractivity (Wildman–Crippen MR) is 80.4 cm³/mol. The first-order valence-corrected chi connectivity index (χ1v) is 7.28. The maximum Gasteiger partial charge on any atom is 0.248 e. The van der Waals surface area contributed by atoms with E-state index in [4.69, 9.17) is 4.42 Å². The summed E-state index contributed by atoms with van der Waals surface area (Å²) in [5, 5.41) is 14.7. The minimum atomic E-state index is -0.281. The monoisotopic (exact) mass is 361 g/mol. The van der Waals surface area contributed by atoms with Gasteiger partial charge in [-0.3, -0.25) is 0 Å². The third-order valence-electron chi connectivity index (χ3n) is 3.37. The van der Waals surface area contributed by atoms with Gasteiger partial charge in [-0.25, -0.2) is 4.39 Å². The number of benzene rings is 1. The van der Waals surface area contributed by atoms with Gasteiger partial charge in [0, 0.05) is 5.70 Å². The first-order chi connectivity index (χ1) is 10.7. The Morgan fingerprint density at radius 3 is 2.73 bits per heavy atom. The van der Waals surface area contributed by atoms with Gasteiger partial charge >= 0.3 is 0 Å². The molecule has 0 fully saturated rings. The van der Waals surface area contributed by atoms with Crippen molar-refractivity contribution in [3.63, 3.8) is 0 Å². The van der Waals surface area contributed by atoms with Gasteiger partial charge in [0.15, 0.2) is 4.67 Å². The van der Waals surface area contributed by atoms with E-state index >= 15 is 0 Å². The molecule has 0 spiro atoms. The first-order valence-electron chi connectivity index (χ1n) is 6.48. The Labute approximate surface area is 132 Å².